The fraction of sp³-hybridized carbons (Fsp3) is 1.00. The van der Waals surface area contributed by atoms with Gasteiger partial charge < -0.3 is 10.1 Å². The second kappa shape index (κ2) is 6.49. The van der Waals surface area contributed by atoms with E-state index in [0.29, 0.717) is 12.0 Å². The van der Waals surface area contributed by atoms with Crippen LogP contribution >= 0.6 is 0 Å². The summed E-state index contributed by atoms with van der Waals surface area (Å²) in [4.78, 5) is 0. The maximum absolute atomic E-state index is 5.24. The first-order valence-corrected chi connectivity index (χ1v) is 6.37. The van der Waals surface area contributed by atoms with Gasteiger partial charge >= 0.3 is 0 Å². The Bertz CT molecular complexity index is 170. The zero-order valence-electron chi connectivity index (χ0n) is 10.8. The summed E-state index contributed by atoms with van der Waals surface area (Å²) in [5.41, 5.74) is 0. The summed E-state index contributed by atoms with van der Waals surface area (Å²) in [6, 6.07) is 0.516. The lowest BCUT2D eigenvalue weighted by molar-refractivity contribution is 0.143. The molecular weight excluding hydrogens is 186 g/mol. The molecule has 0 amide bonds. The molecule has 1 saturated carbocycles. The van der Waals surface area contributed by atoms with E-state index < -0.39 is 0 Å². The van der Waals surface area contributed by atoms with Crippen LogP contribution in [0.1, 0.15) is 40.0 Å². The third-order valence-corrected chi connectivity index (χ3v) is 3.83. The van der Waals surface area contributed by atoms with E-state index in [1.165, 1.54) is 25.8 Å². The van der Waals surface area contributed by atoms with Crippen LogP contribution < -0.4 is 5.32 Å². The van der Waals surface area contributed by atoms with Crippen LogP contribution in [0.15, 0.2) is 0 Å². The van der Waals surface area contributed by atoms with Crippen LogP contribution in [-0.2, 0) is 4.74 Å². The number of ether oxygens (including phenoxy) is 1. The van der Waals surface area contributed by atoms with Crippen LogP contribution in [0.2, 0.25) is 0 Å². The van der Waals surface area contributed by atoms with E-state index in [1.54, 1.807) is 7.11 Å². The van der Waals surface area contributed by atoms with Gasteiger partial charge in [-0.05, 0) is 30.7 Å². The minimum atomic E-state index is 0.516. The smallest absolute Gasteiger partial charge is 0.0618 e. The van der Waals surface area contributed by atoms with Crippen LogP contribution in [0.25, 0.3) is 0 Å². The molecule has 0 saturated heterocycles. The average Bonchev–Trinajstić information content (AvgIpc) is 2.58. The van der Waals surface area contributed by atoms with Gasteiger partial charge in [-0.3, -0.25) is 0 Å². The first kappa shape index (κ1) is 13.0. The van der Waals surface area contributed by atoms with Crippen molar-refractivity contribution in [1.82, 2.24) is 5.32 Å². The lowest BCUT2D eigenvalue weighted by atomic mass is 9.97. The standard InChI is InChI=1S/C13H27NO/c1-10(2)13(9-15-4)14-8-12-7-5-6-11(12)3/h10-14H,5-9H2,1-4H3. The molecule has 15 heavy (non-hydrogen) atoms. The average molecular weight is 213 g/mol. The second-order valence-corrected chi connectivity index (χ2v) is 5.38. The number of methoxy groups -OCH3 is 1. The molecule has 2 nitrogen and oxygen atoms in total. The molecule has 0 aromatic carbocycles. The SMILES string of the molecule is COCC(NCC1CCCC1C)C(C)C. The van der Waals surface area contributed by atoms with E-state index in [1.807, 2.05) is 0 Å². The summed E-state index contributed by atoms with van der Waals surface area (Å²) in [5, 5.41) is 3.67. The topological polar surface area (TPSA) is 21.3 Å². The summed E-state index contributed by atoms with van der Waals surface area (Å²) < 4.78 is 5.24. The largest absolute Gasteiger partial charge is 0.383 e. The van der Waals surface area contributed by atoms with Crippen molar-refractivity contribution in [3.8, 4) is 0 Å². The first-order valence-electron chi connectivity index (χ1n) is 6.37. The van der Waals surface area contributed by atoms with Crippen molar-refractivity contribution in [2.24, 2.45) is 17.8 Å². The van der Waals surface area contributed by atoms with Gasteiger partial charge in [-0.25, -0.2) is 0 Å². The first-order chi connectivity index (χ1) is 7.15. The lowest BCUT2D eigenvalue weighted by Crippen LogP contribution is -2.40. The van der Waals surface area contributed by atoms with Crippen LogP contribution in [0.5, 0.6) is 0 Å². The van der Waals surface area contributed by atoms with Crippen LogP contribution in [0.3, 0.4) is 0 Å². The Morgan fingerprint density at radius 3 is 2.53 bits per heavy atom. The van der Waals surface area contributed by atoms with Crippen molar-refractivity contribution in [2.45, 2.75) is 46.1 Å². The van der Waals surface area contributed by atoms with Gasteiger partial charge in [-0.2, -0.15) is 0 Å². The number of hydrogen-bond acceptors (Lipinski definition) is 2. The monoisotopic (exact) mass is 213 g/mol. The summed E-state index contributed by atoms with van der Waals surface area (Å²) in [6.07, 6.45) is 4.25. The van der Waals surface area contributed by atoms with Gasteiger partial charge in [0.1, 0.15) is 0 Å². The molecule has 0 heterocycles. The quantitative estimate of drug-likeness (QED) is 0.732. The molecule has 1 aliphatic rings. The molecular formula is C13H27NO. The van der Waals surface area contributed by atoms with Crippen molar-refractivity contribution < 1.29 is 4.74 Å². The van der Waals surface area contributed by atoms with Gasteiger partial charge in [-0.1, -0.05) is 33.6 Å². The van der Waals surface area contributed by atoms with Crippen LogP contribution in [-0.4, -0.2) is 26.3 Å². The highest BCUT2D eigenvalue weighted by Crippen LogP contribution is 2.30. The molecule has 1 aliphatic carbocycles. The molecule has 3 unspecified atom stereocenters. The molecule has 0 spiro atoms. The van der Waals surface area contributed by atoms with E-state index in [-0.39, 0.29) is 0 Å². The molecule has 1 N–H and O–H groups in total. The van der Waals surface area contributed by atoms with Crippen molar-refractivity contribution >= 4 is 0 Å². The third kappa shape index (κ3) is 4.12. The molecule has 2 heteroatoms. The zero-order chi connectivity index (χ0) is 11.3. The molecule has 0 bridgehead atoms. The third-order valence-electron chi connectivity index (χ3n) is 3.83. The molecule has 3 atom stereocenters. The Labute approximate surface area is 94.8 Å². The lowest BCUT2D eigenvalue weighted by Gasteiger charge is -2.25. The minimum absolute atomic E-state index is 0.516. The van der Waals surface area contributed by atoms with Crippen LogP contribution in [0, 0.1) is 17.8 Å². The number of rotatable bonds is 6. The highest BCUT2D eigenvalue weighted by molar-refractivity contribution is 4.79. The van der Waals surface area contributed by atoms with E-state index in [9.17, 15) is 0 Å². The van der Waals surface area contributed by atoms with E-state index in [0.717, 1.165) is 18.4 Å². The van der Waals surface area contributed by atoms with Gasteiger partial charge in [-0.15, -0.1) is 0 Å². The molecule has 90 valence electrons. The fourth-order valence-corrected chi connectivity index (χ4v) is 2.49. The maximum Gasteiger partial charge on any atom is 0.0618 e. The highest BCUT2D eigenvalue weighted by atomic mass is 16.5. The molecule has 0 aromatic rings. The van der Waals surface area contributed by atoms with Crippen molar-refractivity contribution in [2.75, 3.05) is 20.3 Å². The zero-order valence-corrected chi connectivity index (χ0v) is 10.8. The number of hydrogen-bond donors (Lipinski definition) is 1. The van der Waals surface area contributed by atoms with Gasteiger partial charge in [0.2, 0.25) is 0 Å². The second-order valence-electron chi connectivity index (χ2n) is 5.38. The van der Waals surface area contributed by atoms with Crippen molar-refractivity contribution in [3.05, 3.63) is 0 Å². The van der Waals surface area contributed by atoms with Gasteiger partial charge in [0.25, 0.3) is 0 Å². The predicted octanol–water partition coefficient (Wildman–Crippen LogP) is 2.68. The summed E-state index contributed by atoms with van der Waals surface area (Å²) >= 11 is 0. The molecule has 1 rings (SSSR count). The van der Waals surface area contributed by atoms with E-state index in [2.05, 4.69) is 26.1 Å². The minimum Gasteiger partial charge on any atom is -0.383 e. The Hall–Kier alpha value is -0.0800. The van der Waals surface area contributed by atoms with Gasteiger partial charge in [0.05, 0.1) is 6.61 Å². The van der Waals surface area contributed by atoms with E-state index in [4.69, 9.17) is 4.74 Å². The van der Waals surface area contributed by atoms with E-state index >= 15 is 0 Å². The molecule has 0 aromatic heterocycles. The Balaban J connectivity index is 2.26. The van der Waals surface area contributed by atoms with Gasteiger partial charge in [0, 0.05) is 13.2 Å². The Morgan fingerprint density at radius 1 is 1.33 bits per heavy atom. The Kier molecular flexibility index (Phi) is 5.62. The fourth-order valence-electron chi connectivity index (χ4n) is 2.49. The van der Waals surface area contributed by atoms with Crippen molar-refractivity contribution in [1.29, 1.82) is 0 Å². The highest BCUT2D eigenvalue weighted by Gasteiger charge is 2.24. The number of nitrogens with one attached hydrogen (secondary N) is 1. The molecule has 1 fully saturated rings. The summed E-state index contributed by atoms with van der Waals surface area (Å²) in [7, 11) is 1.79. The normalized spacial score (nSPS) is 28.6. The van der Waals surface area contributed by atoms with Crippen molar-refractivity contribution in [3.63, 3.8) is 0 Å². The molecule has 0 aliphatic heterocycles. The predicted molar refractivity (Wildman–Crippen MR) is 65.0 cm³/mol. The van der Waals surface area contributed by atoms with Crippen LogP contribution in [0.4, 0.5) is 0 Å². The summed E-state index contributed by atoms with van der Waals surface area (Å²) in [6.45, 7) is 8.91. The maximum atomic E-state index is 5.24. The summed E-state index contributed by atoms with van der Waals surface area (Å²) in [5.74, 6) is 2.46. The van der Waals surface area contributed by atoms with Gasteiger partial charge in [0.15, 0.2) is 0 Å². The molecule has 0 radical (unpaired) electrons. The Morgan fingerprint density at radius 2 is 2.07 bits per heavy atom.